The molecule has 1 aliphatic heterocycles. The van der Waals surface area contributed by atoms with Gasteiger partial charge in [0.1, 0.15) is 29.6 Å². The van der Waals surface area contributed by atoms with Crippen LogP contribution in [0, 0.1) is 6.92 Å². The molecule has 3 aromatic rings. The van der Waals surface area contributed by atoms with Gasteiger partial charge in [-0.15, -0.1) is 0 Å². The Kier molecular flexibility index (Phi) is 5.16. The van der Waals surface area contributed by atoms with E-state index in [1.165, 1.54) is 0 Å². The summed E-state index contributed by atoms with van der Waals surface area (Å²) in [5, 5.41) is 0. The van der Waals surface area contributed by atoms with Crippen molar-refractivity contribution in [3.05, 3.63) is 89.1 Å². The standard InChI is InChI=1S/C23H18O6/c1-15-7-8-18(28-15)12-21-23(25)19-10-9-17(11-20(19)29-21)26-14-22(24)27-13-16-5-3-2-4-6-16/h2-12H,13-14H2,1H3/b21-12+. The molecule has 0 fully saturated rings. The zero-order valence-corrected chi connectivity index (χ0v) is 15.7. The fourth-order valence-electron chi connectivity index (χ4n) is 2.84. The summed E-state index contributed by atoms with van der Waals surface area (Å²) < 4.78 is 21.7. The Morgan fingerprint density at radius 1 is 1.07 bits per heavy atom. The number of Topliss-reactive ketones (excluding diaryl/α,β-unsaturated/α-hetero) is 1. The van der Waals surface area contributed by atoms with Crippen molar-refractivity contribution >= 4 is 17.8 Å². The van der Waals surface area contributed by atoms with Crippen LogP contribution in [0.25, 0.3) is 6.08 Å². The molecule has 0 amide bonds. The molecule has 1 aromatic heterocycles. The second kappa shape index (κ2) is 8.06. The lowest BCUT2D eigenvalue weighted by Gasteiger charge is -2.08. The van der Waals surface area contributed by atoms with Crippen molar-refractivity contribution in [3.8, 4) is 11.5 Å². The van der Waals surface area contributed by atoms with Crippen molar-refractivity contribution < 1.29 is 28.2 Å². The Balaban J connectivity index is 1.36. The number of esters is 1. The number of rotatable bonds is 6. The van der Waals surface area contributed by atoms with Crippen LogP contribution in [0.4, 0.5) is 0 Å². The first-order chi connectivity index (χ1) is 14.1. The van der Waals surface area contributed by atoms with E-state index < -0.39 is 5.97 Å². The minimum atomic E-state index is -0.486. The molecule has 2 aromatic carbocycles. The molecule has 29 heavy (non-hydrogen) atoms. The molecule has 0 atom stereocenters. The summed E-state index contributed by atoms with van der Waals surface area (Å²) >= 11 is 0. The monoisotopic (exact) mass is 390 g/mol. The highest BCUT2D eigenvalue weighted by Crippen LogP contribution is 2.35. The van der Waals surface area contributed by atoms with E-state index in [0.717, 1.165) is 11.3 Å². The van der Waals surface area contributed by atoms with E-state index in [4.69, 9.17) is 18.6 Å². The normalized spacial score (nSPS) is 13.8. The SMILES string of the molecule is Cc1ccc(/C=C2/Oc3cc(OCC(=O)OCc4ccccc4)ccc3C2=O)o1. The molecule has 2 heterocycles. The van der Waals surface area contributed by atoms with Gasteiger partial charge in [-0.1, -0.05) is 30.3 Å². The van der Waals surface area contributed by atoms with Crippen LogP contribution in [0.2, 0.25) is 0 Å². The number of benzene rings is 2. The van der Waals surface area contributed by atoms with Gasteiger partial charge in [0.15, 0.2) is 12.4 Å². The highest BCUT2D eigenvalue weighted by atomic mass is 16.6. The number of hydrogen-bond donors (Lipinski definition) is 0. The second-order valence-electron chi connectivity index (χ2n) is 6.48. The van der Waals surface area contributed by atoms with Crippen LogP contribution in [0.3, 0.4) is 0 Å². The van der Waals surface area contributed by atoms with Crippen LogP contribution in [-0.2, 0) is 16.1 Å². The molecule has 6 heteroatoms. The highest BCUT2D eigenvalue weighted by Gasteiger charge is 2.28. The number of carbonyl (C=O) groups is 2. The number of allylic oxidation sites excluding steroid dienone is 1. The van der Waals surface area contributed by atoms with E-state index >= 15 is 0 Å². The molecule has 0 saturated heterocycles. The molecule has 0 spiro atoms. The van der Waals surface area contributed by atoms with E-state index in [2.05, 4.69) is 0 Å². The van der Waals surface area contributed by atoms with Gasteiger partial charge in [0.25, 0.3) is 0 Å². The van der Waals surface area contributed by atoms with Crippen LogP contribution >= 0.6 is 0 Å². The molecule has 146 valence electrons. The largest absolute Gasteiger partial charge is 0.482 e. The van der Waals surface area contributed by atoms with Crippen LogP contribution in [-0.4, -0.2) is 18.4 Å². The van der Waals surface area contributed by atoms with Crippen molar-refractivity contribution in [1.82, 2.24) is 0 Å². The number of ketones is 1. The maximum absolute atomic E-state index is 12.5. The molecular formula is C23H18O6. The first-order valence-corrected chi connectivity index (χ1v) is 9.05. The molecule has 0 radical (unpaired) electrons. The highest BCUT2D eigenvalue weighted by molar-refractivity contribution is 6.14. The Morgan fingerprint density at radius 3 is 2.66 bits per heavy atom. The Labute approximate surface area is 167 Å². The van der Waals surface area contributed by atoms with Gasteiger partial charge in [-0.25, -0.2) is 4.79 Å². The van der Waals surface area contributed by atoms with Crippen molar-refractivity contribution in [2.75, 3.05) is 6.61 Å². The van der Waals surface area contributed by atoms with E-state index in [1.54, 1.807) is 30.3 Å². The maximum Gasteiger partial charge on any atom is 0.344 e. The minimum absolute atomic E-state index is 0.175. The fourth-order valence-corrected chi connectivity index (χ4v) is 2.84. The van der Waals surface area contributed by atoms with Crippen LogP contribution in [0.15, 0.2) is 70.8 Å². The van der Waals surface area contributed by atoms with Crippen LogP contribution in [0.5, 0.6) is 11.5 Å². The lowest BCUT2D eigenvalue weighted by Crippen LogP contribution is -2.14. The van der Waals surface area contributed by atoms with Gasteiger partial charge in [0.05, 0.1) is 5.56 Å². The summed E-state index contributed by atoms with van der Waals surface area (Å²) in [6, 6.07) is 17.8. The third kappa shape index (κ3) is 4.38. The third-order valence-electron chi connectivity index (χ3n) is 4.28. The number of fused-ring (bicyclic) bond motifs is 1. The first-order valence-electron chi connectivity index (χ1n) is 9.05. The van der Waals surface area contributed by atoms with Gasteiger partial charge in [-0.3, -0.25) is 4.79 Å². The lowest BCUT2D eigenvalue weighted by molar-refractivity contribution is -0.147. The maximum atomic E-state index is 12.5. The van der Waals surface area contributed by atoms with E-state index in [0.29, 0.717) is 22.8 Å². The first kappa shape index (κ1) is 18.6. The number of aryl methyl sites for hydroxylation is 1. The molecule has 4 rings (SSSR count). The molecular weight excluding hydrogens is 372 g/mol. The Morgan fingerprint density at radius 2 is 1.90 bits per heavy atom. The summed E-state index contributed by atoms with van der Waals surface area (Å²) in [6.07, 6.45) is 1.55. The average Bonchev–Trinajstić information content (AvgIpc) is 3.28. The zero-order chi connectivity index (χ0) is 20.2. The molecule has 6 nitrogen and oxygen atoms in total. The predicted molar refractivity (Wildman–Crippen MR) is 105 cm³/mol. The molecule has 0 N–H and O–H groups in total. The average molecular weight is 390 g/mol. The summed E-state index contributed by atoms with van der Waals surface area (Å²) in [5.74, 6) is 1.52. The molecule has 0 unspecified atom stereocenters. The molecule has 0 saturated carbocycles. The van der Waals surface area contributed by atoms with E-state index in [-0.39, 0.29) is 24.8 Å². The summed E-state index contributed by atoms with van der Waals surface area (Å²) in [7, 11) is 0. The number of furan rings is 1. The van der Waals surface area contributed by atoms with Crippen molar-refractivity contribution in [2.45, 2.75) is 13.5 Å². The zero-order valence-electron chi connectivity index (χ0n) is 15.7. The van der Waals surface area contributed by atoms with Crippen molar-refractivity contribution in [2.24, 2.45) is 0 Å². The van der Waals surface area contributed by atoms with Gasteiger partial charge >= 0.3 is 5.97 Å². The number of carbonyl (C=O) groups excluding carboxylic acids is 2. The summed E-state index contributed by atoms with van der Waals surface area (Å²) in [6.45, 7) is 1.77. The second-order valence-corrected chi connectivity index (χ2v) is 6.48. The smallest absolute Gasteiger partial charge is 0.344 e. The summed E-state index contributed by atoms with van der Waals surface area (Å²) in [5.41, 5.74) is 1.33. The number of hydrogen-bond acceptors (Lipinski definition) is 6. The van der Waals surface area contributed by atoms with E-state index in [9.17, 15) is 9.59 Å². The molecule has 0 bridgehead atoms. The third-order valence-corrected chi connectivity index (χ3v) is 4.28. The van der Waals surface area contributed by atoms with Crippen molar-refractivity contribution in [1.29, 1.82) is 0 Å². The van der Waals surface area contributed by atoms with Gasteiger partial charge < -0.3 is 18.6 Å². The Hall–Kier alpha value is -3.80. The van der Waals surface area contributed by atoms with Gasteiger partial charge in [-0.05, 0) is 36.8 Å². The van der Waals surface area contributed by atoms with E-state index in [1.807, 2.05) is 43.3 Å². The fraction of sp³-hybridized carbons (Fsp3) is 0.130. The van der Waals surface area contributed by atoms with Gasteiger partial charge in [0.2, 0.25) is 5.78 Å². The molecule has 0 aliphatic carbocycles. The van der Waals surface area contributed by atoms with Crippen LogP contribution in [0.1, 0.15) is 27.4 Å². The molecule has 1 aliphatic rings. The topological polar surface area (TPSA) is 75.0 Å². The predicted octanol–water partition coefficient (Wildman–Crippen LogP) is 4.33. The Bertz CT molecular complexity index is 1080. The number of ether oxygens (including phenoxy) is 3. The summed E-state index contributed by atoms with van der Waals surface area (Å²) in [4.78, 5) is 24.3. The van der Waals surface area contributed by atoms with Gasteiger partial charge in [0, 0.05) is 12.1 Å². The van der Waals surface area contributed by atoms with Crippen molar-refractivity contribution in [3.63, 3.8) is 0 Å². The minimum Gasteiger partial charge on any atom is -0.482 e. The lowest BCUT2D eigenvalue weighted by atomic mass is 10.1. The van der Waals surface area contributed by atoms with Gasteiger partial charge in [-0.2, -0.15) is 0 Å². The van der Waals surface area contributed by atoms with Crippen LogP contribution < -0.4 is 9.47 Å². The quantitative estimate of drug-likeness (QED) is 0.461.